The van der Waals surface area contributed by atoms with E-state index in [4.69, 9.17) is 16.3 Å². The van der Waals surface area contributed by atoms with Crippen molar-refractivity contribution in [1.29, 1.82) is 0 Å². The normalized spacial score (nSPS) is 20.3. The second kappa shape index (κ2) is 7.35. The molecule has 1 aromatic carbocycles. The zero-order chi connectivity index (χ0) is 18.9. The van der Waals surface area contributed by atoms with E-state index < -0.39 is 5.60 Å². The molecule has 2 aliphatic rings. The summed E-state index contributed by atoms with van der Waals surface area (Å²) < 4.78 is 5.73. The summed E-state index contributed by atoms with van der Waals surface area (Å²) in [5.74, 6) is -0.165. The minimum absolute atomic E-state index is 0.0417. The number of benzene rings is 1. The molecule has 142 valence electrons. The SMILES string of the molecule is CCC[C@@H](C)N1CC2(CCN(C(=O)c3ccc(O)c(Cl)c3)CC2)OC1=O. The Bertz CT molecular complexity index is 701. The molecule has 1 spiro atoms. The third kappa shape index (κ3) is 3.61. The quantitative estimate of drug-likeness (QED) is 0.865. The first kappa shape index (κ1) is 18.8. The Balaban J connectivity index is 1.63. The van der Waals surface area contributed by atoms with E-state index in [2.05, 4.69) is 13.8 Å². The van der Waals surface area contributed by atoms with Gasteiger partial charge in [0.05, 0.1) is 11.6 Å². The third-order valence-electron chi connectivity index (χ3n) is 5.39. The summed E-state index contributed by atoms with van der Waals surface area (Å²) in [5, 5.41) is 9.66. The highest BCUT2D eigenvalue weighted by atomic mass is 35.5. The van der Waals surface area contributed by atoms with Crippen molar-refractivity contribution < 1.29 is 19.4 Å². The van der Waals surface area contributed by atoms with Crippen LogP contribution in [0.3, 0.4) is 0 Å². The topological polar surface area (TPSA) is 70.1 Å². The van der Waals surface area contributed by atoms with E-state index in [0.29, 0.717) is 38.0 Å². The average molecular weight is 381 g/mol. The van der Waals surface area contributed by atoms with Gasteiger partial charge in [0.1, 0.15) is 11.4 Å². The van der Waals surface area contributed by atoms with Crippen molar-refractivity contribution >= 4 is 23.6 Å². The van der Waals surface area contributed by atoms with Crippen LogP contribution in [-0.4, -0.2) is 58.2 Å². The van der Waals surface area contributed by atoms with Crippen molar-refractivity contribution in [3.05, 3.63) is 28.8 Å². The maximum atomic E-state index is 12.7. The highest BCUT2D eigenvalue weighted by molar-refractivity contribution is 6.32. The zero-order valence-electron chi connectivity index (χ0n) is 15.2. The summed E-state index contributed by atoms with van der Waals surface area (Å²) >= 11 is 5.90. The van der Waals surface area contributed by atoms with Gasteiger partial charge in [0.15, 0.2) is 0 Å². The maximum absolute atomic E-state index is 12.7. The van der Waals surface area contributed by atoms with E-state index in [9.17, 15) is 14.7 Å². The predicted octanol–water partition coefficient (Wildman–Crippen LogP) is 3.66. The molecule has 3 rings (SSSR count). The van der Waals surface area contributed by atoms with Crippen LogP contribution in [0.15, 0.2) is 18.2 Å². The number of hydrogen-bond donors (Lipinski definition) is 1. The van der Waals surface area contributed by atoms with Crippen LogP contribution in [0.5, 0.6) is 5.75 Å². The first-order valence-corrected chi connectivity index (χ1v) is 9.50. The van der Waals surface area contributed by atoms with Crippen molar-refractivity contribution in [3.8, 4) is 5.75 Å². The number of carbonyl (C=O) groups excluding carboxylic acids is 2. The van der Waals surface area contributed by atoms with Gasteiger partial charge in [-0.05, 0) is 31.5 Å². The summed E-state index contributed by atoms with van der Waals surface area (Å²) in [5.41, 5.74) is -0.0343. The van der Waals surface area contributed by atoms with Crippen LogP contribution in [0.1, 0.15) is 49.9 Å². The number of likely N-dealkylation sites (tertiary alicyclic amines) is 1. The molecule has 2 amide bonds. The molecule has 0 saturated carbocycles. The molecule has 26 heavy (non-hydrogen) atoms. The first-order valence-electron chi connectivity index (χ1n) is 9.12. The van der Waals surface area contributed by atoms with Crippen LogP contribution in [0, 0.1) is 0 Å². The number of amides is 2. The predicted molar refractivity (Wildman–Crippen MR) is 98.5 cm³/mol. The minimum Gasteiger partial charge on any atom is -0.506 e. The number of phenolic OH excluding ortho intramolecular Hbond substituents is 1. The summed E-state index contributed by atoms with van der Waals surface area (Å²) in [7, 11) is 0. The van der Waals surface area contributed by atoms with Crippen LogP contribution in [0.25, 0.3) is 0 Å². The van der Waals surface area contributed by atoms with Gasteiger partial charge in [-0.2, -0.15) is 0 Å². The van der Waals surface area contributed by atoms with Gasteiger partial charge in [0, 0.05) is 37.5 Å². The van der Waals surface area contributed by atoms with Crippen LogP contribution < -0.4 is 0 Å². The van der Waals surface area contributed by atoms with Gasteiger partial charge in [-0.15, -0.1) is 0 Å². The third-order valence-corrected chi connectivity index (χ3v) is 5.69. The number of phenols is 1. The van der Waals surface area contributed by atoms with Gasteiger partial charge >= 0.3 is 6.09 Å². The summed E-state index contributed by atoms with van der Waals surface area (Å²) in [6.07, 6.45) is 3.00. The van der Waals surface area contributed by atoms with E-state index >= 15 is 0 Å². The molecule has 2 heterocycles. The summed E-state index contributed by atoms with van der Waals surface area (Å²) in [4.78, 5) is 28.5. The number of ether oxygens (including phenoxy) is 1. The number of carbonyl (C=O) groups is 2. The Morgan fingerprint density at radius 1 is 1.38 bits per heavy atom. The van der Waals surface area contributed by atoms with Crippen molar-refractivity contribution in [2.75, 3.05) is 19.6 Å². The van der Waals surface area contributed by atoms with E-state index in [1.165, 1.54) is 12.1 Å². The molecule has 0 unspecified atom stereocenters. The Kier molecular flexibility index (Phi) is 5.32. The fourth-order valence-electron chi connectivity index (χ4n) is 3.76. The number of nitrogens with zero attached hydrogens (tertiary/aromatic N) is 2. The lowest BCUT2D eigenvalue weighted by molar-refractivity contribution is 0.00307. The van der Waals surface area contributed by atoms with Crippen LogP contribution >= 0.6 is 11.6 Å². The van der Waals surface area contributed by atoms with Crippen molar-refractivity contribution in [2.45, 2.75) is 51.2 Å². The Hall–Kier alpha value is -1.95. The minimum atomic E-state index is -0.484. The smallest absolute Gasteiger partial charge is 0.410 e. The Morgan fingerprint density at radius 2 is 2.08 bits per heavy atom. The standard InChI is InChI=1S/C19H25ClN2O4/c1-3-4-13(2)22-12-19(26-18(22)25)7-9-21(10-8-19)17(24)14-5-6-16(23)15(20)11-14/h5-6,11,13,23H,3-4,7-10,12H2,1-2H3/t13-/m1/s1. The molecule has 0 radical (unpaired) electrons. The Morgan fingerprint density at radius 3 is 2.69 bits per heavy atom. The molecule has 1 aromatic rings. The van der Waals surface area contributed by atoms with E-state index in [0.717, 1.165) is 12.8 Å². The molecule has 0 aromatic heterocycles. The molecule has 2 fully saturated rings. The lowest BCUT2D eigenvalue weighted by Crippen LogP contribution is -2.49. The molecule has 7 heteroatoms. The number of hydrogen-bond acceptors (Lipinski definition) is 4. The summed E-state index contributed by atoms with van der Waals surface area (Å²) in [6.45, 7) is 5.81. The largest absolute Gasteiger partial charge is 0.506 e. The number of aromatic hydroxyl groups is 1. The van der Waals surface area contributed by atoms with Crippen molar-refractivity contribution in [1.82, 2.24) is 9.80 Å². The molecular weight excluding hydrogens is 356 g/mol. The molecule has 1 atom stereocenters. The number of halogens is 1. The average Bonchev–Trinajstić information content (AvgIpc) is 2.94. The molecule has 0 aliphatic carbocycles. The van der Waals surface area contributed by atoms with Gasteiger partial charge in [0.2, 0.25) is 0 Å². The molecule has 2 aliphatic heterocycles. The summed E-state index contributed by atoms with van der Waals surface area (Å²) in [6, 6.07) is 4.64. The second-order valence-electron chi connectivity index (χ2n) is 7.27. The molecule has 0 bridgehead atoms. The van der Waals surface area contributed by atoms with Gasteiger partial charge in [-0.1, -0.05) is 24.9 Å². The first-order chi connectivity index (χ1) is 12.3. The zero-order valence-corrected chi connectivity index (χ0v) is 16.0. The van der Waals surface area contributed by atoms with Crippen LogP contribution in [-0.2, 0) is 4.74 Å². The second-order valence-corrected chi connectivity index (χ2v) is 7.68. The highest BCUT2D eigenvalue weighted by Crippen LogP contribution is 2.35. The lowest BCUT2D eigenvalue weighted by Gasteiger charge is -2.37. The molecule has 1 N–H and O–H groups in total. The number of rotatable bonds is 4. The number of piperidine rings is 1. The maximum Gasteiger partial charge on any atom is 0.410 e. The van der Waals surface area contributed by atoms with Crippen LogP contribution in [0.4, 0.5) is 4.79 Å². The van der Waals surface area contributed by atoms with Gasteiger partial charge in [0.25, 0.3) is 5.91 Å². The monoisotopic (exact) mass is 380 g/mol. The van der Waals surface area contributed by atoms with E-state index in [-0.39, 0.29) is 28.8 Å². The molecule has 2 saturated heterocycles. The lowest BCUT2D eigenvalue weighted by atomic mass is 9.90. The highest BCUT2D eigenvalue weighted by Gasteiger charge is 2.48. The van der Waals surface area contributed by atoms with Crippen LogP contribution in [0.2, 0.25) is 5.02 Å². The van der Waals surface area contributed by atoms with E-state index in [1.807, 2.05) is 4.90 Å². The van der Waals surface area contributed by atoms with Crippen molar-refractivity contribution in [2.24, 2.45) is 0 Å². The fourth-order valence-corrected chi connectivity index (χ4v) is 3.94. The molecular formula is C19H25ClN2O4. The fraction of sp³-hybridized carbons (Fsp3) is 0.579. The van der Waals surface area contributed by atoms with Gasteiger partial charge in [-0.25, -0.2) is 4.79 Å². The molecule has 6 nitrogen and oxygen atoms in total. The van der Waals surface area contributed by atoms with Gasteiger partial charge < -0.3 is 19.6 Å². The van der Waals surface area contributed by atoms with E-state index in [1.54, 1.807) is 11.0 Å². The van der Waals surface area contributed by atoms with Crippen molar-refractivity contribution in [3.63, 3.8) is 0 Å². The van der Waals surface area contributed by atoms with Gasteiger partial charge in [-0.3, -0.25) is 4.79 Å². The Labute approximate surface area is 158 Å².